The summed E-state index contributed by atoms with van der Waals surface area (Å²) in [5.74, 6) is -1.97. The average molecular weight is 339 g/mol. The van der Waals surface area contributed by atoms with E-state index in [1.807, 2.05) is 0 Å². The summed E-state index contributed by atoms with van der Waals surface area (Å²) >= 11 is 0. The van der Waals surface area contributed by atoms with E-state index in [0.717, 1.165) is 0 Å². The number of aromatic nitrogens is 3. The minimum absolute atomic E-state index is 0.122. The number of hydrogen-bond acceptors (Lipinski definition) is 9. The summed E-state index contributed by atoms with van der Waals surface area (Å²) in [6.45, 7) is 1.22. The second-order valence-corrected chi connectivity index (χ2v) is 5.14. The Balaban J connectivity index is 2.12. The molecule has 3 rings (SSSR count). The van der Waals surface area contributed by atoms with Gasteiger partial charge in [-0.2, -0.15) is 15.0 Å². The number of nitrogens with two attached hydrogens (primary N) is 2. The summed E-state index contributed by atoms with van der Waals surface area (Å²) < 4.78 is 0. The number of anilines is 3. The molecule has 1 aliphatic rings. The Morgan fingerprint density at radius 2 is 1.44 bits per heavy atom. The van der Waals surface area contributed by atoms with Gasteiger partial charge in [0.05, 0.1) is 0 Å². The molecule has 0 saturated carbocycles. The first-order valence-corrected chi connectivity index (χ1v) is 7.11. The molecule has 0 saturated heterocycles. The van der Waals surface area contributed by atoms with Gasteiger partial charge in [0.2, 0.25) is 35.3 Å². The van der Waals surface area contributed by atoms with E-state index >= 15 is 0 Å². The molecule has 1 aliphatic carbocycles. The Hall–Kier alpha value is -3.82. The summed E-state index contributed by atoms with van der Waals surface area (Å²) in [7, 11) is 0. The zero-order chi connectivity index (χ0) is 18.1. The first-order chi connectivity index (χ1) is 11.9. The van der Waals surface area contributed by atoms with Crippen molar-refractivity contribution in [1.82, 2.24) is 20.3 Å². The number of nitrogen functional groups attached to an aromatic ring is 2. The van der Waals surface area contributed by atoms with Gasteiger partial charge in [-0.25, -0.2) is 0 Å². The number of amides is 1. The summed E-state index contributed by atoms with van der Waals surface area (Å²) in [6, 6.07) is 6.27. The zero-order valence-corrected chi connectivity index (χ0v) is 13.0. The van der Waals surface area contributed by atoms with Crippen molar-refractivity contribution in [3.8, 4) is 0 Å². The van der Waals surface area contributed by atoms with Crippen LogP contribution >= 0.6 is 0 Å². The van der Waals surface area contributed by atoms with Gasteiger partial charge >= 0.3 is 0 Å². The molecule has 1 aromatic carbocycles. The summed E-state index contributed by atoms with van der Waals surface area (Å²) in [5, 5.41) is 4.99. The predicted octanol–water partition coefficient (Wildman–Crippen LogP) is -0.125. The molecule has 10 heteroatoms. The van der Waals surface area contributed by atoms with Crippen molar-refractivity contribution in [1.29, 1.82) is 0 Å². The average Bonchev–Trinajstić information content (AvgIpc) is 2.54. The minimum atomic E-state index is -0.511. The van der Waals surface area contributed by atoms with Gasteiger partial charge in [0.15, 0.2) is 0 Å². The lowest BCUT2D eigenvalue weighted by molar-refractivity contribution is -0.118. The molecule has 1 aromatic heterocycles. The lowest BCUT2D eigenvalue weighted by Crippen LogP contribution is -2.35. The van der Waals surface area contributed by atoms with E-state index in [0.29, 0.717) is 0 Å². The number of hydrogen-bond donors (Lipinski definition) is 4. The molecule has 0 spiro atoms. The first-order valence-electron chi connectivity index (χ1n) is 7.11. The van der Waals surface area contributed by atoms with E-state index in [2.05, 4.69) is 25.6 Å². The van der Waals surface area contributed by atoms with E-state index in [-0.39, 0.29) is 40.4 Å². The number of carbonyl (C=O) groups excluding carboxylic acids is 3. The normalized spacial score (nSPS) is 13.5. The highest BCUT2D eigenvalue weighted by molar-refractivity contribution is 6.28. The number of Topliss-reactive ketones (excluding diaryl/α,β-unsaturated/α-hetero) is 2. The minimum Gasteiger partial charge on any atom is -0.368 e. The molecule has 0 aliphatic heterocycles. The van der Waals surface area contributed by atoms with Crippen LogP contribution in [-0.4, -0.2) is 32.4 Å². The van der Waals surface area contributed by atoms with Gasteiger partial charge in [-0.1, -0.05) is 24.3 Å². The monoisotopic (exact) mass is 339 g/mol. The molecule has 126 valence electrons. The van der Waals surface area contributed by atoms with Crippen molar-refractivity contribution in [2.75, 3.05) is 16.8 Å². The molecule has 0 atom stereocenters. The van der Waals surface area contributed by atoms with Gasteiger partial charge in [-0.05, 0) is 0 Å². The highest BCUT2D eigenvalue weighted by Crippen LogP contribution is 2.25. The van der Waals surface area contributed by atoms with Crippen molar-refractivity contribution in [2.45, 2.75) is 6.92 Å². The highest BCUT2D eigenvalue weighted by Gasteiger charge is 2.33. The van der Waals surface area contributed by atoms with Crippen molar-refractivity contribution >= 4 is 35.3 Å². The summed E-state index contributed by atoms with van der Waals surface area (Å²) in [5.41, 5.74) is 11.0. The maximum absolute atomic E-state index is 12.8. The third-order valence-corrected chi connectivity index (χ3v) is 3.33. The Labute approximate surface area is 141 Å². The Morgan fingerprint density at radius 3 is 1.96 bits per heavy atom. The van der Waals surface area contributed by atoms with Crippen LogP contribution in [0.4, 0.5) is 17.8 Å². The van der Waals surface area contributed by atoms with Crippen LogP contribution in [0.5, 0.6) is 0 Å². The summed E-state index contributed by atoms with van der Waals surface area (Å²) in [6.07, 6.45) is 0. The van der Waals surface area contributed by atoms with E-state index in [9.17, 15) is 14.4 Å². The molecule has 0 radical (unpaired) electrons. The Bertz CT molecular complexity index is 932. The number of fused-ring (bicyclic) bond motifs is 1. The molecule has 0 bridgehead atoms. The maximum Gasteiger partial charge on any atom is 0.233 e. The van der Waals surface area contributed by atoms with E-state index in [1.165, 1.54) is 19.1 Å². The summed E-state index contributed by atoms with van der Waals surface area (Å²) in [4.78, 5) is 48.1. The Morgan fingerprint density at radius 1 is 0.920 bits per heavy atom. The second-order valence-electron chi connectivity index (χ2n) is 5.14. The van der Waals surface area contributed by atoms with Gasteiger partial charge in [-0.15, -0.1) is 0 Å². The molecule has 25 heavy (non-hydrogen) atoms. The van der Waals surface area contributed by atoms with Crippen molar-refractivity contribution in [2.24, 2.45) is 0 Å². The molecule has 1 amide bonds. The highest BCUT2D eigenvalue weighted by atomic mass is 16.2. The maximum atomic E-state index is 12.8. The predicted molar refractivity (Wildman–Crippen MR) is 88.2 cm³/mol. The fourth-order valence-corrected chi connectivity index (χ4v) is 2.37. The van der Waals surface area contributed by atoms with Crippen LogP contribution in [0.25, 0.3) is 0 Å². The largest absolute Gasteiger partial charge is 0.368 e. The SMILES string of the molecule is CC(=O)NC1=C(Nc2nc(N)nc(N)n2)C(=O)c2ccccc2C1=O. The quantitative estimate of drug-likeness (QED) is 0.595. The van der Waals surface area contributed by atoms with Crippen LogP contribution in [-0.2, 0) is 4.79 Å². The topological polar surface area (TPSA) is 166 Å². The van der Waals surface area contributed by atoms with E-state index in [1.54, 1.807) is 12.1 Å². The second kappa shape index (κ2) is 6.00. The van der Waals surface area contributed by atoms with Crippen LogP contribution in [0.1, 0.15) is 27.6 Å². The van der Waals surface area contributed by atoms with Gasteiger partial charge in [0.1, 0.15) is 11.4 Å². The lowest BCUT2D eigenvalue weighted by atomic mass is 9.90. The molecule has 6 N–H and O–H groups in total. The van der Waals surface area contributed by atoms with Crippen molar-refractivity contribution < 1.29 is 14.4 Å². The van der Waals surface area contributed by atoms with E-state index in [4.69, 9.17) is 11.5 Å². The van der Waals surface area contributed by atoms with Gasteiger partial charge in [0, 0.05) is 18.1 Å². The number of allylic oxidation sites excluding steroid dienone is 2. The third-order valence-electron chi connectivity index (χ3n) is 3.33. The number of nitrogens with one attached hydrogen (secondary N) is 2. The molecular weight excluding hydrogens is 326 g/mol. The molecule has 0 unspecified atom stereocenters. The van der Waals surface area contributed by atoms with Crippen molar-refractivity contribution in [3.63, 3.8) is 0 Å². The van der Waals surface area contributed by atoms with Crippen LogP contribution in [0.2, 0.25) is 0 Å². The number of benzene rings is 1. The number of carbonyl (C=O) groups is 3. The lowest BCUT2D eigenvalue weighted by Gasteiger charge is -2.21. The zero-order valence-electron chi connectivity index (χ0n) is 13.0. The van der Waals surface area contributed by atoms with Crippen LogP contribution in [0.3, 0.4) is 0 Å². The first kappa shape index (κ1) is 16.1. The van der Waals surface area contributed by atoms with Gasteiger partial charge < -0.3 is 22.1 Å². The molecular formula is C15H13N7O3. The number of ketones is 2. The molecule has 10 nitrogen and oxygen atoms in total. The number of nitrogens with zero attached hydrogens (tertiary/aromatic N) is 3. The van der Waals surface area contributed by atoms with Gasteiger partial charge in [0.25, 0.3) is 0 Å². The van der Waals surface area contributed by atoms with Gasteiger partial charge in [-0.3, -0.25) is 14.4 Å². The third kappa shape index (κ3) is 3.00. The Kier molecular flexibility index (Phi) is 3.85. The van der Waals surface area contributed by atoms with Crippen LogP contribution in [0, 0.1) is 0 Å². The van der Waals surface area contributed by atoms with Crippen molar-refractivity contribution in [3.05, 3.63) is 46.8 Å². The van der Waals surface area contributed by atoms with Crippen LogP contribution in [0.15, 0.2) is 35.7 Å². The standard InChI is InChI=1S/C15H13N7O3/c1-6(23)18-9-10(19-15-21-13(16)20-14(17)22-15)12(25)8-5-3-2-4-7(8)11(9)24/h2-5H,1H3,(H,18,23)(H5,16,17,19,20,21,22). The molecule has 1 heterocycles. The fourth-order valence-electron chi connectivity index (χ4n) is 2.37. The molecule has 0 fully saturated rings. The fraction of sp³-hybridized carbons (Fsp3) is 0.0667. The van der Waals surface area contributed by atoms with Crippen LogP contribution < -0.4 is 22.1 Å². The molecule has 2 aromatic rings. The smallest absolute Gasteiger partial charge is 0.233 e. The number of rotatable bonds is 3. The van der Waals surface area contributed by atoms with E-state index < -0.39 is 17.5 Å².